The van der Waals surface area contributed by atoms with Crippen LogP contribution in [0.15, 0.2) is 22.2 Å². The Morgan fingerprint density at radius 1 is 1.08 bits per heavy atom. The number of rotatable bonds is 8. The van der Waals surface area contributed by atoms with Gasteiger partial charge in [-0.05, 0) is 32.6 Å². The number of aromatic amines is 1. The minimum atomic E-state index is -1.21. The molecule has 2 aliphatic rings. The lowest BCUT2D eigenvalue weighted by Gasteiger charge is -2.23. The Labute approximate surface area is 214 Å². The van der Waals surface area contributed by atoms with E-state index in [0.29, 0.717) is 35.8 Å². The van der Waals surface area contributed by atoms with Crippen molar-refractivity contribution in [3.05, 3.63) is 45.1 Å². The number of hydrogen-bond acceptors (Lipinski definition) is 10. The first kappa shape index (κ1) is 26.1. The van der Waals surface area contributed by atoms with Crippen LogP contribution in [-0.4, -0.2) is 65.6 Å². The molecule has 14 heteroatoms. The summed E-state index contributed by atoms with van der Waals surface area (Å²) in [6.07, 6.45) is 3.82. The highest BCUT2D eigenvalue weighted by atomic mass is 31.2. The van der Waals surface area contributed by atoms with Gasteiger partial charge in [0, 0.05) is 13.1 Å². The summed E-state index contributed by atoms with van der Waals surface area (Å²) in [5.74, 6) is 1.18. The van der Waals surface area contributed by atoms with Crippen LogP contribution in [0.5, 0.6) is 0 Å². The maximum absolute atomic E-state index is 12.3. The second-order valence-electron chi connectivity index (χ2n) is 9.56. The molecule has 0 radical (unpaired) electrons. The molecule has 2 aliphatic heterocycles. The van der Waals surface area contributed by atoms with Gasteiger partial charge in [-0.15, -0.1) is 0 Å². The first-order chi connectivity index (χ1) is 17.7. The molecule has 0 amide bonds. The summed E-state index contributed by atoms with van der Waals surface area (Å²) >= 11 is 0. The molecule has 0 aliphatic carbocycles. The Morgan fingerprint density at radius 3 is 2.57 bits per heavy atom. The van der Waals surface area contributed by atoms with Gasteiger partial charge in [0.05, 0.1) is 31.2 Å². The van der Waals surface area contributed by atoms with Gasteiger partial charge >= 0.3 is 5.69 Å². The third kappa shape index (κ3) is 5.37. The summed E-state index contributed by atoms with van der Waals surface area (Å²) in [5.41, 5.74) is 0.171. The molecule has 0 bridgehead atoms. The number of nitrogens with zero attached hydrogens (tertiary/aromatic N) is 6. The maximum atomic E-state index is 12.3. The van der Waals surface area contributed by atoms with Gasteiger partial charge in [-0.25, -0.2) is 19.7 Å². The zero-order valence-corrected chi connectivity index (χ0v) is 22.4. The lowest BCUT2D eigenvalue weighted by Crippen LogP contribution is -2.28. The van der Waals surface area contributed by atoms with Gasteiger partial charge < -0.3 is 23.5 Å². The number of hydrogen-bond donors (Lipinski definition) is 1. The van der Waals surface area contributed by atoms with Crippen LogP contribution in [0.25, 0.3) is 11.2 Å². The van der Waals surface area contributed by atoms with Crippen LogP contribution in [0, 0.1) is 19.8 Å². The van der Waals surface area contributed by atoms with Crippen molar-refractivity contribution >= 4 is 19.5 Å². The van der Waals surface area contributed by atoms with Crippen LogP contribution < -0.4 is 11.2 Å². The summed E-state index contributed by atoms with van der Waals surface area (Å²) in [6, 6.07) is 0. The molecule has 0 aromatic carbocycles. The zero-order chi connectivity index (χ0) is 26.3. The number of aryl methyl sites for hydroxylation is 2. The Hall–Kier alpha value is -2.57. The number of ether oxygens (including phenoxy) is 2. The summed E-state index contributed by atoms with van der Waals surface area (Å²) in [6.45, 7) is 9.84. The van der Waals surface area contributed by atoms with Gasteiger partial charge in [0.2, 0.25) is 0 Å². The standard InChI is InChI=1S/C23H32N7O6P/c1-6-15-16(8-19(34-15)30-10-24-13(3)28-23(30)32)36-37(5)33-9-17-12(2)7-18(35-17)29-11-25-20-21(29)26-14(4)27-22(20)31/h10-12,15-19H,6-9H2,1-5H3,(H,26,27,31)/t12?,15-,16?,17-,18-,19-,37?/m1/s1. The number of aromatic nitrogens is 7. The third-order valence-corrected chi connectivity index (χ3v) is 7.93. The Balaban J connectivity index is 1.18. The number of H-pyrrole nitrogens is 1. The smallest absolute Gasteiger partial charge is 0.352 e. The SMILES string of the molecule is CC[C@H]1O[C@@H](n2cnc(C)nc2=O)CC1OP(C)OC[C@H]1O[C@@H](n2cnc3c(=O)[nH]c(C)nc32)CC1C. The first-order valence-corrected chi connectivity index (χ1v) is 14.1. The Bertz CT molecular complexity index is 1380. The second kappa shape index (κ2) is 10.7. The van der Waals surface area contributed by atoms with E-state index in [1.54, 1.807) is 20.2 Å². The van der Waals surface area contributed by atoms with Crippen molar-refractivity contribution in [3.8, 4) is 0 Å². The lowest BCUT2D eigenvalue weighted by atomic mass is 10.0. The van der Waals surface area contributed by atoms with Crippen LogP contribution >= 0.6 is 8.38 Å². The van der Waals surface area contributed by atoms with E-state index in [1.807, 2.05) is 18.2 Å². The van der Waals surface area contributed by atoms with Gasteiger partial charge in [0.1, 0.15) is 30.4 Å². The van der Waals surface area contributed by atoms with E-state index >= 15 is 0 Å². The van der Waals surface area contributed by atoms with Crippen molar-refractivity contribution in [1.29, 1.82) is 0 Å². The van der Waals surface area contributed by atoms with Crippen LogP contribution in [0.3, 0.4) is 0 Å². The molecule has 3 aromatic heterocycles. The summed E-state index contributed by atoms with van der Waals surface area (Å²) in [5, 5.41) is 0. The average Bonchev–Trinajstić information content (AvgIpc) is 3.54. The molecule has 0 saturated carbocycles. The summed E-state index contributed by atoms with van der Waals surface area (Å²) in [7, 11) is -1.21. The molecule has 2 saturated heterocycles. The van der Waals surface area contributed by atoms with Crippen LogP contribution in [0.1, 0.15) is 57.2 Å². The van der Waals surface area contributed by atoms with Crippen molar-refractivity contribution < 1.29 is 18.5 Å². The van der Waals surface area contributed by atoms with Crippen LogP contribution in [0.2, 0.25) is 0 Å². The predicted octanol–water partition coefficient (Wildman–Crippen LogP) is 2.35. The molecule has 3 unspecified atom stereocenters. The fourth-order valence-electron chi connectivity index (χ4n) is 4.85. The van der Waals surface area contributed by atoms with Crippen molar-refractivity contribution in [2.75, 3.05) is 13.3 Å². The predicted molar refractivity (Wildman–Crippen MR) is 134 cm³/mol. The molecule has 7 atom stereocenters. The van der Waals surface area contributed by atoms with E-state index in [0.717, 1.165) is 12.8 Å². The normalized spacial score (nSPS) is 28.8. The fourth-order valence-corrected chi connectivity index (χ4v) is 5.87. The van der Waals surface area contributed by atoms with Crippen LogP contribution in [-0.2, 0) is 18.5 Å². The maximum Gasteiger partial charge on any atom is 0.352 e. The van der Waals surface area contributed by atoms with Crippen molar-refractivity contribution in [1.82, 2.24) is 34.1 Å². The minimum absolute atomic E-state index is 0.142. The minimum Gasteiger partial charge on any atom is -0.352 e. The van der Waals surface area contributed by atoms with Gasteiger partial charge in [-0.2, -0.15) is 4.98 Å². The lowest BCUT2D eigenvalue weighted by molar-refractivity contribution is -0.0286. The molecule has 5 rings (SSSR count). The topological polar surface area (TPSA) is 148 Å². The highest BCUT2D eigenvalue weighted by Gasteiger charge is 2.39. The average molecular weight is 534 g/mol. The first-order valence-electron chi connectivity index (χ1n) is 12.4. The number of fused-ring (bicyclic) bond motifs is 1. The van der Waals surface area contributed by atoms with Gasteiger partial charge in [0.25, 0.3) is 5.56 Å². The van der Waals surface area contributed by atoms with E-state index in [4.69, 9.17) is 18.5 Å². The van der Waals surface area contributed by atoms with E-state index in [2.05, 4.69) is 31.8 Å². The largest absolute Gasteiger partial charge is 0.352 e. The summed E-state index contributed by atoms with van der Waals surface area (Å²) in [4.78, 5) is 43.8. The summed E-state index contributed by atoms with van der Waals surface area (Å²) < 4.78 is 27.9. The highest BCUT2D eigenvalue weighted by molar-refractivity contribution is 7.46. The fraction of sp³-hybridized carbons (Fsp3) is 0.652. The van der Waals surface area contributed by atoms with Gasteiger partial charge in [-0.1, -0.05) is 13.8 Å². The van der Waals surface area contributed by atoms with E-state index < -0.39 is 14.6 Å². The van der Waals surface area contributed by atoms with E-state index in [9.17, 15) is 9.59 Å². The molecule has 13 nitrogen and oxygen atoms in total. The molecule has 3 aromatic rings. The molecular formula is C23H32N7O6P. The number of imidazole rings is 1. The van der Waals surface area contributed by atoms with Gasteiger partial charge in [-0.3, -0.25) is 13.9 Å². The Kier molecular flexibility index (Phi) is 7.51. The van der Waals surface area contributed by atoms with E-state index in [1.165, 1.54) is 10.9 Å². The quantitative estimate of drug-likeness (QED) is 0.428. The molecule has 0 spiro atoms. The van der Waals surface area contributed by atoms with Crippen molar-refractivity contribution in [2.24, 2.45) is 5.92 Å². The number of nitrogens with one attached hydrogen (secondary N) is 1. The van der Waals surface area contributed by atoms with Crippen LogP contribution in [0.4, 0.5) is 0 Å². The third-order valence-electron chi connectivity index (χ3n) is 6.85. The second-order valence-corrected chi connectivity index (χ2v) is 10.9. The molecule has 2 fully saturated rings. The van der Waals surface area contributed by atoms with Crippen molar-refractivity contribution in [3.63, 3.8) is 0 Å². The molecule has 200 valence electrons. The molecule has 5 heterocycles. The van der Waals surface area contributed by atoms with Crippen molar-refractivity contribution in [2.45, 2.75) is 77.7 Å². The molecular weight excluding hydrogens is 501 g/mol. The zero-order valence-electron chi connectivity index (χ0n) is 21.5. The van der Waals surface area contributed by atoms with Gasteiger partial charge in [0.15, 0.2) is 19.5 Å². The van der Waals surface area contributed by atoms with E-state index in [-0.39, 0.29) is 41.7 Å². The molecule has 37 heavy (non-hydrogen) atoms. The Morgan fingerprint density at radius 2 is 1.81 bits per heavy atom. The molecule has 1 N–H and O–H groups in total. The monoisotopic (exact) mass is 533 g/mol. The highest BCUT2D eigenvalue weighted by Crippen LogP contribution is 2.44.